The number of carboxylic acids is 1. The van der Waals surface area contributed by atoms with Crippen LogP contribution in [0.25, 0.3) is 0 Å². The van der Waals surface area contributed by atoms with Crippen LogP contribution >= 0.6 is 0 Å². The molecule has 1 rings (SSSR count). The second kappa shape index (κ2) is 7.78. The fraction of sp³-hybridized carbons (Fsp3) is 0.500. The first kappa shape index (κ1) is 17.2. The number of nitrogens with one attached hydrogen (secondary N) is 1. The SMILES string of the molecule is CC(C)(C(=O)O)c1ccc(NC(=O)CCCCCN)cc1. The number of hydrogen-bond donors (Lipinski definition) is 3. The number of unbranched alkanes of at least 4 members (excludes halogenated alkanes) is 2. The van der Waals surface area contributed by atoms with Crippen molar-refractivity contribution >= 4 is 17.6 Å². The van der Waals surface area contributed by atoms with Gasteiger partial charge in [0.05, 0.1) is 5.41 Å². The summed E-state index contributed by atoms with van der Waals surface area (Å²) in [5.74, 6) is -0.906. The zero-order valence-electron chi connectivity index (χ0n) is 12.7. The molecule has 4 N–H and O–H groups in total. The smallest absolute Gasteiger partial charge is 0.313 e. The van der Waals surface area contributed by atoms with E-state index >= 15 is 0 Å². The van der Waals surface area contributed by atoms with Gasteiger partial charge in [-0.25, -0.2) is 0 Å². The fourth-order valence-corrected chi connectivity index (χ4v) is 1.92. The van der Waals surface area contributed by atoms with Crippen molar-refractivity contribution in [2.24, 2.45) is 5.73 Å². The molecular weight excluding hydrogens is 268 g/mol. The Kier molecular flexibility index (Phi) is 6.37. The molecule has 5 nitrogen and oxygen atoms in total. The number of anilines is 1. The van der Waals surface area contributed by atoms with Crippen molar-refractivity contribution in [1.29, 1.82) is 0 Å². The molecule has 0 unspecified atom stereocenters. The first-order valence-corrected chi connectivity index (χ1v) is 7.22. The number of hydrogen-bond acceptors (Lipinski definition) is 3. The lowest BCUT2D eigenvalue weighted by atomic mass is 9.85. The number of amides is 1. The average molecular weight is 292 g/mol. The van der Waals surface area contributed by atoms with Crippen LogP contribution in [-0.4, -0.2) is 23.5 Å². The lowest BCUT2D eigenvalue weighted by molar-refractivity contribution is -0.142. The van der Waals surface area contributed by atoms with Crippen molar-refractivity contribution in [2.45, 2.75) is 44.9 Å². The maximum Gasteiger partial charge on any atom is 0.313 e. The van der Waals surface area contributed by atoms with E-state index in [9.17, 15) is 14.7 Å². The largest absolute Gasteiger partial charge is 0.481 e. The Morgan fingerprint density at radius 2 is 1.76 bits per heavy atom. The summed E-state index contributed by atoms with van der Waals surface area (Å²) in [5, 5.41) is 12.0. The summed E-state index contributed by atoms with van der Waals surface area (Å²) < 4.78 is 0. The molecule has 0 aliphatic carbocycles. The second-order valence-corrected chi connectivity index (χ2v) is 5.66. The molecule has 1 aromatic rings. The van der Waals surface area contributed by atoms with Crippen LogP contribution in [0, 0.1) is 0 Å². The standard InChI is InChI=1S/C16H24N2O3/c1-16(2,15(20)21)12-7-9-13(10-8-12)18-14(19)6-4-3-5-11-17/h7-10H,3-6,11,17H2,1-2H3,(H,18,19)(H,20,21). The van der Waals surface area contributed by atoms with E-state index in [0.29, 0.717) is 24.2 Å². The van der Waals surface area contributed by atoms with Gasteiger partial charge < -0.3 is 16.2 Å². The molecule has 0 saturated heterocycles. The van der Waals surface area contributed by atoms with E-state index in [1.165, 1.54) is 0 Å². The van der Waals surface area contributed by atoms with E-state index in [-0.39, 0.29) is 5.91 Å². The van der Waals surface area contributed by atoms with Crippen molar-refractivity contribution < 1.29 is 14.7 Å². The minimum Gasteiger partial charge on any atom is -0.481 e. The summed E-state index contributed by atoms with van der Waals surface area (Å²) in [6.07, 6.45) is 3.19. The molecule has 116 valence electrons. The summed E-state index contributed by atoms with van der Waals surface area (Å²) in [4.78, 5) is 22.9. The number of carbonyl (C=O) groups excluding carboxylic acids is 1. The summed E-state index contributed by atoms with van der Waals surface area (Å²) in [5.41, 5.74) is 5.85. The zero-order chi connectivity index (χ0) is 15.9. The molecule has 0 bridgehead atoms. The van der Waals surface area contributed by atoms with Crippen LogP contribution in [0.2, 0.25) is 0 Å². The van der Waals surface area contributed by atoms with Crippen LogP contribution in [0.5, 0.6) is 0 Å². The number of carbonyl (C=O) groups is 2. The van der Waals surface area contributed by atoms with Gasteiger partial charge in [0.25, 0.3) is 0 Å². The van der Waals surface area contributed by atoms with E-state index in [2.05, 4.69) is 5.32 Å². The molecule has 0 saturated carbocycles. The van der Waals surface area contributed by atoms with Crippen LogP contribution in [0.3, 0.4) is 0 Å². The first-order valence-electron chi connectivity index (χ1n) is 7.22. The molecule has 0 fully saturated rings. The van der Waals surface area contributed by atoms with Gasteiger partial charge in [-0.15, -0.1) is 0 Å². The molecule has 0 radical (unpaired) electrons. The van der Waals surface area contributed by atoms with Crippen LogP contribution in [0.1, 0.15) is 45.1 Å². The molecule has 0 atom stereocenters. The quantitative estimate of drug-likeness (QED) is 0.642. The van der Waals surface area contributed by atoms with Crippen LogP contribution in [0.15, 0.2) is 24.3 Å². The number of nitrogens with two attached hydrogens (primary N) is 1. The lowest BCUT2D eigenvalue weighted by Crippen LogP contribution is -2.28. The van der Waals surface area contributed by atoms with E-state index in [4.69, 9.17) is 5.73 Å². The Labute approximate surface area is 125 Å². The van der Waals surface area contributed by atoms with Crippen molar-refractivity contribution in [2.75, 3.05) is 11.9 Å². The summed E-state index contributed by atoms with van der Waals surface area (Å²) in [6.45, 7) is 3.96. The molecule has 1 amide bonds. The highest BCUT2D eigenvalue weighted by Crippen LogP contribution is 2.24. The van der Waals surface area contributed by atoms with Gasteiger partial charge in [-0.2, -0.15) is 0 Å². The van der Waals surface area contributed by atoms with Gasteiger partial charge >= 0.3 is 5.97 Å². The van der Waals surface area contributed by atoms with E-state index in [0.717, 1.165) is 19.3 Å². The summed E-state index contributed by atoms with van der Waals surface area (Å²) in [6, 6.07) is 6.94. The molecule has 0 aromatic heterocycles. The van der Waals surface area contributed by atoms with Gasteiger partial charge in [-0.05, 0) is 50.9 Å². The number of carboxylic acid groups (broad SMARTS) is 1. The minimum atomic E-state index is -0.940. The maximum absolute atomic E-state index is 11.7. The van der Waals surface area contributed by atoms with Crippen molar-refractivity contribution in [3.63, 3.8) is 0 Å². The molecule has 0 aliphatic rings. The number of rotatable bonds is 8. The third-order valence-corrected chi connectivity index (χ3v) is 3.53. The minimum absolute atomic E-state index is 0.0303. The topological polar surface area (TPSA) is 92.4 Å². The van der Waals surface area contributed by atoms with Gasteiger partial charge in [-0.3, -0.25) is 9.59 Å². The third-order valence-electron chi connectivity index (χ3n) is 3.53. The van der Waals surface area contributed by atoms with Crippen LogP contribution in [-0.2, 0) is 15.0 Å². The molecule has 0 aliphatic heterocycles. The lowest BCUT2D eigenvalue weighted by Gasteiger charge is -2.19. The molecular formula is C16H24N2O3. The Morgan fingerprint density at radius 1 is 1.14 bits per heavy atom. The number of aliphatic carboxylic acids is 1. The highest BCUT2D eigenvalue weighted by atomic mass is 16.4. The maximum atomic E-state index is 11.7. The van der Waals surface area contributed by atoms with E-state index < -0.39 is 11.4 Å². The fourth-order valence-electron chi connectivity index (χ4n) is 1.92. The molecule has 5 heteroatoms. The summed E-state index contributed by atoms with van der Waals surface area (Å²) in [7, 11) is 0. The van der Waals surface area contributed by atoms with Gasteiger partial charge in [0, 0.05) is 12.1 Å². The van der Waals surface area contributed by atoms with Gasteiger partial charge in [0.1, 0.15) is 0 Å². The second-order valence-electron chi connectivity index (χ2n) is 5.66. The average Bonchev–Trinajstić information content (AvgIpc) is 2.44. The normalized spacial score (nSPS) is 11.2. The molecule has 0 spiro atoms. The first-order chi connectivity index (χ1) is 9.87. The van der Waals surface area contributed by atoms with Crippen molar-refractivity contribution in [3.8, 4) is 0 Å². The Hall–Kier alpha value is -1.88. The zero-order valence-corrected chi connectivity index (χ0v) is 12.7. The van der Waals surface area contributed by atoms with Crippen molar-refractivity contribution in [3.05, 3.63) is 29.8 Å². The van der Waals surface area contributed by atoms with Crippen LogP contribution in [0.4, 0.5) is 5.69 Å². The predicted octanol–water partition coefficient (Wildman–Crippen LogP) is 2.51. The highest BCUT2D eigenvalue weighted by Gasteiger charge is 2.29. The summed E-state index contributed by atoms with van der Waals surface area (Å²) >= 11 is 0. The van der Waals surface area contributed by atoms with Gasteiger partial charge in [-0.1, -0.05) is 18.6 Å². The monoisotopic (exact) mass is 292 g/mol. The van der Waals surface area contributed by atoms with Gasteiger partial charge in [0.15, 0.2) is 0 Å². The molecule has 0 heterocycles. The van der Waals surface area contributed by atoms with E-state index in [1.54, 1.807) is 38.1 Å². The highest BCUT2D eigenvalue weighted by molar-refractivity contribution is 5.90. The Morgan fingerprint density at radius 3 is 2.29 bits per heavy atom. The Bertz CT molecular complexity index is 481. The van der Waals surface area contributed by atoms with Gasteiger partial charge in [0.2, 0.25) is 5.91 Å². The Balaban J connectivity index is 2.55. The van der Waals surface area contributed by atoms with E-state index in [1.807, 2.05) is 0 Å². The van der Waals surface area contributed by atoms with Crippen LogP contribution < -0.4 is 11.1 Å². The molecule has 1 aromatic carbocycles. The molecule has 21 heavy (non-hydrogen) atoms. The third kappa shape index (κ3) is 5.19. The van der Waals surface area contributed by atoms with Crippen molar-refractivity contribution in [1.82, 2.24) is 0 Å². The predicted molar refractivity (Wildman–Crippen MR) is 83.3 cm³/mol. The number of benzene rings is 1.